The molecule has 0 saturated heterocycles. The molecular weight excluding hydrogens is 298 g/mol. The second-order valence-electron chi connectivity index (χ2n) is 3.98. The maximum atomic E-state index is 12.3. The van der Waals surface area contributed by atoms with Crippen molar-refractivity contribution in [2.24, 2.45) is 5.73 Å². The van der Waals surface area contributed by atoms with Crippen LogP contribution in [-0.4, -0.2) is 41.8 Å². The van der Waals surface area contributed by atoms with Gasteiger partial charge in [0.25, 0.3) is 0 Å². The largest absolute Gasteiger partial charge is 0.495 e. The highest BCUT2D eigenvalue weighted by atomic mass is 32.2. The van der Waals surface area contributed by atoms with Crippen LogP contribution in [0.25, 0.3) is 0 Å². The predicted molar refractivity (Wildman–Crippen MR) is 78.5 cm³/mol. The second-order valence-corrected chi connectivity index (χ2v) is 5.58. The number of para-hydroxylation sites is 2. The number of carbonyl (C=O) groups excluding carboxylic acids is 1. The summed E-state index contributed by atoms with van der Waals surface area (Å²) in [5.41, 5.74) is 5.74. The van der Waals surface area contributed by atoms with Gasteiger partial charge in [0.15, 0.2) is 0 Å². The third-order valence-electron chi connectivity index (χ3n) is 2.61. The first-order chi connectivity index (χ1) is 9.96. The van der Waals surface area contributed by atoms with Crippen LogP contribution in [0.3, 0.4) is 0 Å². The van der Waals surface area contributed by atoms with Gasteiger partial charge < -0.3 is 15.2 Å². The van der Waals surface area contributed by atoms with Crippen LogP contribution in [0, 0.1) is 0 Å². The van der Waals surface area contributed by atoms with E-state index in [0.29, 0.717) is 24.4 Å². The number of rotatable bonds is 7. The molecule has 0 aliphatic heterocycles. The molecule has 0 unspecified atom stereocenters. The van der Waals surface area contributed by atoms with Crippen molar-refractivity contribution in [3.05, 3.63) is 24.3 Å². The van der Waals surface area contributed by atoms with Crippen molar-refractivity contribution < 1.29 is 22.7 Å². The maximum absolute atomic E-state index is 12.3. The summed E-state index contributed by atoms with van der Waals surface area (Å²) in [5, 5.41) is 0. The Kier molecular flexibility index (Phi) is 6.25. The molecule has 3 N–H and O–H groups in total. The maximum Gasteiger partial charge on any atom is 0.422 e. The highest BCUT2D eigenvalue weighted by Crippen LogP contribution is 2.29. The highest BCUT2D eigenvalue weighted by molar-refractivity contribution is 7.91. The lowest BCUT2D eigenvalue weighted by Gasteiger charge is -2.25. The van der Waals surface area contributed by atoms with Crippen LogP contribution in [0.5, 0.6) is 5.75 Å². The molecule has 1 aromatic carbocycles. The molecule has 0 fully saturated rings. The predicted octanol–water partition coefficient (Wildman–Crippen LogP) is 0.451. The number of hydrogen-bond donors (Lipinski definition) is 2. The van der Waals surface area contributed by atoms with Crippen LogP contribution >= 0.6 is 0 Å². The Hall–Kier alpha value is -2.00. The van der Waals surface area contributed by atoms with Gasteiger partial charge in [-0.15, -0.1) is 0 Å². The number of ether oxygens (including phenoxy) is 2. The topological polar surface area (TPSA) is 111 Å². The molecule has 21 heavy (non-hydrogen) atoms. The lowest BCUT2D eigenvalue weighted by Crippen LogP contribution is -2.44. The number of methoxy groups -OCH3 is 2. The number of amides is 1. The zero-order valence-corrected chi connectivity index (χ0v) is 12.7. The summed E-state index contributed by atoms with van der Waals surface area (Å²) >= 11 is 0. The van der Waals surface area contributed by atoms with E-state index in [2.05, 4.69) is 4.74 Å². The van der Waals surface area contributed by atoms with Crippen LogP contribution in [0.4, 0.5) is 10.5 Å². The molecule has 0 spiro atoms. The van der Waals surface area contributed by atoms with E-state index >= 15 is 0 Å². The molecule has 8 nitrogen and oxygen atoms in total. The van der Waals surface area contributed by atoms with Crippen LogP contribution in [0.15, 0.2) is 24.3 Å². The SMILES string of the molecule is COC(=O)NS(=O)(=O)N(CCCN)c1ccccc1OC. The number of hydrogen-bond acceptors (Lipinski definition) is 6. The van der Waals surface area contributed by atoms with Crippen LogP contribution < -0.4 is 19.5 Å². The molecule has 0 bridgehead atoms. The molecule has 0 aliphatic carbocycles. The zero-order valence-electron chi connectivity index (χ0n) is 11.9. The molecule has 1 amide bonds. The van der Waals surface area contributed by atoms with Gasteiger partial charge in [0.1, 0.15) is 5.75 Å². The lowest BCUT2D eigenvalue weighted by molar-refractivity contribution is 0.177. The Morgan fingerprint density at radius 3 is 2.57 bits per heavy atom. The van der Waals surface area contributed by atoms with E-state index in [1.54, 1.807) is 29.0 Å². The fraction of sp³-hybridized carbons (Fsp3) is 0.417. The first-order valence-corrected chi connectivity index (χ1v) is 7.61. The molecule has 118 valence electrons. The van der Waals surface area contributed by atoms with Gasteiger partial charge in [0, 0.05) is 6.54 Å². The Balaban J connectivity index is 3.19. The van der Waals surface area contributed by atoms with Crippen LogP contribution in [-0.2, 0) is 14.9 Å². The molecule has 0 saturated carbocycles. The standard InChI is InChI=1S/C12H19N3O5S/c1-19-11-7-4-3-6-10(11)15(9-5-8-13)21(17,18)14-12(16)20-2/h3-4,6-7H,5,8-9,13H2,1-2H3,(H,14,16). The third kappa shape index (κ3) is 4.50. The fourth-order valence-corrected chi connectivity index (χ4v) is 2.83. The van der Waals surface area contributed by atoms with E-state index in [1.165, 1.54) is 7.11 Å². The van der Waals surface area contributed by atoms with Gasteiger partial charge in [-0.2, -0.15) is 8.42 Å². The lowest BCUT2D eigenvalue weighted by atomic mass is 10.3. The Labute approximate surface area is 124 Å². The van der Waals surface area contributed by atoms with Gasteiger partial charge in [-0.25, -0.2) is 13.8 Å². The molecule has 0 heterocycles. The smallest absolute Gasteiger partial charge is 0.422 e. The van der Waals surface area contributed by atoms with E-state index in [-0.39, 0.29) is 6.54 Å². The molecule has 0 atom stereocenters. The van der Waals surface area contributed by atoms with Crippen molar-refractivity contribution in [3.8, 4) is 5.75 Å². The van der Waals surface area contributed by atoms with Crippen molar-refractivity contribution in [1.29, 1.82) is 0 Å². The normalized spacial score (nSPS) is 10.8. The van der Waals surface area contributed by atoms with Crippen molar-refractivity contribution in [2.45, 2.75) is 6.42 Å². The van der Waals surface area contributed by atoms with Crippen molar-refractivity contribution in [1.82, 2.24) is 4.72 Å². The van der Waals surface area contributed by atoms with Crippen LogP contribution in [0.1, 0.15) is 6.42 Å². The van der Waals surface area contributed by atoms with E-state index < -0.39 is 16.3 Å². The summed E-state index contributed by atoms with van der Waals surface area (Å²) in [6.07, 6.45) is -0.650. The highest BCUT2D eigenvalue weighted by Gasteiger charge is 2.26. The molecule has 9 heteroatoms. The number of carbonyl (C=O) groups is 1. The minimum atomic E-state index is -4.12. The molecule has 0 aliphatic rings. The summed E-state index contributed by atoms with van der Waals surface area (Å²) in [4.78, 5) is 11.2. The van der Waals surface area contributed by atoms with E-state index in [0.717, 1.165) is 11.4 Å². The number of nitrogens with one attached hydrogen (secondary N) is 1. The van der Waals surface area contributed by atoms with Gasteiger partial charge in [-0.05, 0) is 25.1 Å². The van der Waals surface area contributed by atoms with E-state index in [4.69, 9.17) is 10.5 Å². The molecule has 1 rings (SSSR count). The average molecular weight is 317 g/mol. The summed E-state index contributed by atoms with van der Waals surface area (Å²) in [5.74, 6) is 0.366. The number of nitrogens with two attached hydrogens (primary N) is 1. The molecule has 0 aromatic heterocycles. The summed E-state index contributed by atoms with van der Waals surface area (Å²) < 4.78 is 36.9. The summed E-state index contributed by atoms with van der Waals surface area (Å²) in [6.45, 7) is 0.405. The van der Waals surface area contributed by atoms with Crippen molar-refractivity contribution >= 4 is 22.0 Å². The van der Waals surface area contributed by atoms with Gasteiger partial charge in [-0.3, -0.25) is 0 Å². The van der Waals surface area contributed by atoms with Gasteiger partial charge >= 0.3 is 16.3 Å². The van der Waals surface area contributed by atoms with Gasteiger partial charge in [-0.1, -0.05) is 12.1 Å². The summed E-state index contributed by atoms with van der Waals surface area (Å²) in [6, 6.07) is 6.58. The van der Waals surface area contributed by atoms with Crippen molar-refractivity contribution in [3.63, 3.8) is 0 Å². The number of benzene rings is 1. The minimum absolute atomic E-state index is 0.100. The first kappa shape index (κ1) is 17.1. The molecule has 0 radical (unpaired) electrons. The second kappa shape index (κ2) is 7.70. The third-order valence-corrected chi connectivity index (χ3v) is 3.99. The van der Waals surface area contributed by atoms with Gasteiger partial charge in [0.2, 0.25) is 0 Å². The van der Waals surface area contributed by atoms with E-state index in [1.807, 2.05) is 0 Å². The van der Waals surface area contributed by atoms with Crippen LogP contribution in [0.2, 0.25) is 0 Å². The monoisotopic (exact) mass is 317 g/mol. The quantitative estimate of drug-likeness (QED) is 0.755. The Morgan fingerprint density at radius 1 is 1.33 bits per heavy atom. The minimum Gasteiger partial charge on any atom is -0.495 e. The summed E-state index contributed by atoms with van der Waals surface area (Å²) in [7, 11) is -1.61. The molecule has 1 aromatic rings. The number of anilines is 1. The first-order valence-electron chi connectivity index (χ1n) is 6.17. The number of nitrogens with zero attached hydrogens (tertiary/aromatic N) is 1. The van der Waals surface area contributed by atoms with E-state index in [9.17, 15) is 13.2 Å². The Morgan fingerprint density at radius 2 is 2.00 bits per heavy atom. The van der Waals surface area contributed by atoms with Crippen molar-refractivity contribution in [2.75, 3.05) is 31.6 Å². The molecular formula is C12H19N3O5S. The average Bonchev–Trinajstić information content (AvgIpc) is 2.47. The van der Waals surface area contributed by atoms with Gasteiger partial charge in [0.05, 0.1) is 19.9 Å². The fourth-order valence-electron chi connectivity index (χ4n) is 1.64. The zero-order chi connectivity index (χ0) is 15.9. The Bertz CT molecular complexity index is 576.